The van der Waals surface area contributed by atoms with Gasteiger partial charge in [-0.25, -0.2) is 0 Å². The Morgan fingerprint density at radius 2 is 1.41 bits per heavy atom. The highest BCUT2D eigenvalue weighted by atomic mass is 28.4. The number of rotatable bonds is 9. The van der Waals surface area contributed by atoms with Crippen molar-refractivity contribution >= 4 is 25.0 Å². The molecule has 2 rings (SSSR count). The second kappa shape index (κ2) is 9.82. The Kier molecular flexibility index (Phi) is 7.75. The first kappa shape index (κ1) is 21.3. The van der Waals surface area contributed by atoms with Crippen molar-refractivity contribution in [2.75, 3.05) is 6.61 Å². The first-order chi connectivity index (χ1) is 12.9. The standard InChI is InChI=1S/C24H32O2Si/c1-21(18-19-25)13-11-12-20-26-27(24(2,3)4,22-14-7-5-8-15-22)23-16-9-6-10-17-23/h5-12,14-17,19,21H,13,18,20H2,1-4H3/b12-11+/t21-/m0/s1. The lowest BCUT2D eigenvalue weighted by Crippen LogP contribution is -2.66. The molecule has 3 heteroatoms. The molecule has 0 unspecified atom stereocenters. The van der Waals surface area contributed by atoms with Crippen molar-refractivity contribution in [3.63, 3.8) is 0 Å². The van der Waals surface area contributed by atoms with Gasteiger partial charge in [0, 0.05) is 6.42 Å². The minimum Gasteiger partial charge on any atom is -0.404 e. The Balaban J connectivity index is 2.33. The van der Waals surface area contributed by atoms with Crippen LogP contribution in [0.1, 0.15) is 40.5 Å². The van der Waals surface area contributed by atoms with E-state index in [1.165, 1.54) is 10.4 Å². The summed E-state index contributed by atoms with van der Waals surface area (Å²) in [7, 11) is -2.45. The maximum absolute atomic E-state index is 10.6. The summed E-state index contributed by atoms with van der Waals surface area (Å²) in [5.74, 6) is 0.381. The van der Waals surface area contributed by atoms with Crippen LogP contribution in [0.2, 0.25) is 5.04 Å². The van der Waals surface area contributed by atoms with Crippen molar-refractivity contribution in [1.29, 1.82) is 0 Å². The van der Waals surface area contributed by atoms with Crippen molar-refractivity contribution in [3.05, 3.63) is 72.8 Å². The molecule has 0 aliphatic rings. The summed E-state index contributed by atoms with van der Waals surface area (Å²) < 4.78 is 6.79. The molecule has 2 aromatic carbocycles. The van der Waals surface area contributed by atoms with Gasteiger partial charge in [-0.3, -0.25) is 0 Å². The molecule has 0 heterocycles. The van der Waals surface area contributed by atoms with E-state index in [0.717, 1.165) is 12.7 Å². The molecule has 0 aliphatic heterocycles. The van der Waals surface area contributed by atoms with Gasteiger partial charge in [-0.05, 0) is 27.8 Å². The van der Waals surface area contributed by atoms with Crippen LogP contribution in [0, 0.1) is 5.92 Å². The largest absolute Gasteiger partial charge is 0.404 e. The molecular formula is C24H32O2Si. The third-order valence-electron chi connectivity index (χ3n) is 5.02. The molecule has 0 saturated carbocycles. The summed E-state index contributed by atoms with van der Waals surface area (Å²) >= 11 is 0. The van der Waals surface area contributed by atoms with Crippen molar-refractivity contribution in [1.82, 2.24) is 0 Å². The molecular weight excluding hydrogens is 348 g/mol. The monoisotopic (exact) mass is 380 g/mol. The van der Waals surface area contributed by atoms with E-state index < -0.39 is 8.32 Å². The first-order valence-electron chi connectivity index (χ1n) is 9.75. The predicted octanol–water partition coefficient (Wildman–Crippen LogP) is 4.73. The molecule has 0 radical (unpaired) electrons. The van der Waals surface area contributed by atoms with Crippen LogP contribution in [0.15, 0.2) is 72.8 Å². The van der Waals surface area contributed by atoms with Crippen molar-refractivity contribution in [2.45, 2.75) is 45.6 Å². The van der Waals surface area contributed by atoms with Crippen LogP contribution in [0.5, 0.6) is 0 Å². The lowest BCUT2D eigenvalue weighted by atomic mass is 10.1. The maximum atomic E-state index is 10.6. The molecule has 1 atom stereocenters. The van der Waals surface area contributed by atoms with Gasteiger partial charge in [0.2, 0.25) is 0 Å². The van der Waals surface area contributed by atoms with E-state index >= 15 is 0 Å². The molecule has 2 nitrogen and oxygen atoms in total. The molecule has 0 aromatic heterocycles. The summed E-state index contributed by atoms with van der Waals surface area (Å²) in [4.78, 5) is 10.6. The predicted molar refractivity (Wildman–Crippen MR) is 117 cm³/mol. The number of carbonyl (C=O) groups excluding carboxylic acids is 1. The lowest BCUT2D eigenvalue weighted by Gasteiger charge is -2.42. The molecule has 0 saturated heterocycles. The first-order valence-corrected chi connectivity index (χ1v) is 11.7. The van der Waals surface area contributed by atoms with Crippen LogP contribution in [-0.2, 0) is 9.22 Å². The zero-order valence-electron chi connectivity index (χ0n) is 17.0. The minimum absolute atomic E-state index is 0.00560. The second-order valence-corrected chi connectivity index (χ2v) is 12.5. The van der Waals surface area contributed by atoms with Gasteiger partial charge in [-0.15, -0.1) is 0 Å². The summed E-state index contributed by atoms with van der Waals surface area (Å²) in [6, 6.07) is 21.4. The van der Waals surface area contributed by atoms with E-state index in [2.05, 4.69) is 101 Å². The molecule has 0 spiro atoms. The Hall–Kier alpha value is -1.97. The Bertz CT molecular complexity index is 678. The SMILES string of the molecule is C[C@H](CC=O)C/C=C/CO[Si](c1ccccc1)(c1ccccc1)C(C)(C)C. The summed E-state index contributed by atoms with van der Waals surface area (Å²) in [6.07, 6.45) is 6.77. The van der Waals surface area contributed by atoms with Gasteiger partial charge >= 0.3 is 0 Å². The zero-order valence-corrected chi connectivity index (χ0v) is 18.0. The quantitative estimate of drug-likeness (QED) is 0.357. The number of carbonyl (C=O) groups is 1. The van der Waals surface area contributed by atoms with Crippen LogP contribution in [0.3, 0.4) is 0 Å². The van der Waals surface area contributed by atoms with Crippen LogP contribution >= 0.6 is 0 Å². The fraction of sp³-hybridized carbons (Fsp3) is 0.375. The Morgan fingerprint density at radius 1 is 0.889 bits per heavy atom. The van der Waals surface area contributed by atoms with Crippen LogP contribution in [-0.4, -0.2) is 21.2 Å². The zero-order chi connectivity index (χ0) is 19.8. The molecule has 0 N–H and O–H groups in total. The number of benzene rings is 2. The lowest BCUT2D eigenvalue weighted by molar-refractivity contribution is -0.108. The van der Waals surface area contributed by atoms with Gasteiger partial charge in [-0.2, -0.15) is 0 Å². The molecule has 0 fully saturated rings. The van der Waals surface area contributed by atoms with Gasteiger partial charge in [0.25, 0.3) is 8.32 Å². The van der Waals surface area contributed by atoms with E-state index in [-0.39, 0.29) is 5.04 Å². The summed E-state index contributed by atoms with van der Waals surface area (Å²) in [6.45, 7) is 9.54. The van der Waals surface area contributed by atoms with E-state index in [1.807, 2.05) is 0 Å². The molecule has 0 bridgehead atoms. The fourth-order valence-corrected chi connectivity index (χ4v) is 8.09. The number of allylic oxidation sites excluding steroid dienone is 1. The summed E-state index contributed by atoms with van der Waals surface area (Å²) in [5, 5.41) is 2.59. The molecule has 0 amide bonds. The second-order valence-electron chi connectivity index (χ2n) is 8.19. The van der Waals surface area contributed by atoms with E-state index in [1.54, 1.807) is 0 Å². The average molecular weight is 381 g/mol. The average Bonchev–Trinajstić information content (AvgIpc) is 2.65. The molecule has 2 aromatic rings. The van der Waals surface area contributed by atoms with Gasteiger partial charge in [0.1, 0.15) is 6.29 Å². The van der Waals surface area contributed by atoms with Crippen LogP contribution in [0.25, 0.3) is 0 Å². The maximum Gasteiger partial charge on any atom is 0.261 e. The third-order valence-corrected chi connectivity index (χ3v) is 10.0. The van der Waals surface area contributed by atoms with E-state index in [0.29, 0.717) is 18.9 Å². The summed E-state index contributed by atoms with van der Waals surface area (Å²) in [5.41, 5.74) is 0. The Morgan fingerprint density at radius 3 is 1.85 bits per heavy atom. The van der Waals surface area contributed by atoms with Crippen molar-refractivity contribution in [2.24, 2.45) is 5.92 Å². The van der Waals surface area contributed by atoms with Gasteiger partial charge in [0.05, 0.1) is 6.61 Å². The molecule has 0 aliphatic carbocycles. The smallest absolute Gasteiger partial charge is 0.261 e. The van der Waals surface area contributed by atoms with Gasteiger partial charge < -0.3 is 9.22 Å². The third kappa shape index (κ3) is 5.27. The fourth-order valence-electron chi connectivity index (χ4n) is 3.59. The normalized spacial score (nSPS) is 13.6. The highest BCUT2D eigenvalue weighted by molar-refractivity contribution is 6.99. The van der Waals surface area contributed by atoms with Crippen LogP contribution < -0.4 is 10.4 Å². The van der Waals surface area contributed by atoms with Crippen LogP contribution in [0.4, 0.5) is 0 Å². The van der Waals surface area contributed by atoms with Crippen molar-refractivity contribution < 1.29 is 9.22 Å². The highest BCUT2D eigenvalue weighted by Gasteiger charge is 2.49. The topological polar surface area (TPSA) is 26.3 Å². The highest BCUT2D eigenvalue weighted by Crippen LogP contribution is 2.36. The molecule has 27 heavy (non-hydrogen) atoms. The van der Waals surface area contributed by atoms with E-state index in [9.17, 15) is 4.79 Å². The Labute approximate surface area is 165 Å². The number of aldehydes is 1. The van der Waals surface area contributed by atoms with E-state index in [4.69, 9.17) is 4.43 Å². The number of hydrogen-bond acceptors (Lipinski definition) is 2. The van der Waals surface area contributed by atoms with Crippen molar-refractivity contribution in [3.8, 4) is 0 Å². The van der Waals surface area contributed by atoms with Gasteiger partial charge in [-0.1, -0.05) is 101 Å². The minimum atomic E-state index is -2.45. The van der Waals surface area contributed by atoms with Gasteiger partial charge in [0.15, 0.2) is 0 Å². The number of hydrogen-bond donors (Lipinski definition) is 0. The molecule has 144 valence electrons.